The van der Waals surface area contributed by atoms with Crippen molar-refractivity contribution in [2.45, 2.75) is 31.3 Å². The molecule has 0 saturated heterocycles. The van der Waals surface area contributed by atoms with Crippen LogP contribution < -0.4 is 0 Å². The molecule has 0 heterocycles. The van der Waals surface area contributed by atoms with E-state index in [2.05, 4.69) is 15.9 Å². The molecule has 0 spiro atoms. The number of carboxylic acid groups (broad SMARTS) is 1. The van der Waals surface area contributed by atoms with Crippen molar-refractivity contribution in [3.05, 3.63) is 33.8 Å². The molecule has 2 N–H and O–H groups in total. The van der Waals surface area contributed by atoms with Crippen molar-refractivity contribution in [2.24, 2.45) is 0 Å². The summed E-state index contributed by atoms with van der Waals surface area (Å²) in [4.78, 5) is 10.9. The second kappa shape index (κ2) is 3.86. The molecule has 2 rings (SSSR count). The zero-order valence-corrected chi connectivity index (χ0v) is 10.5. The molecule has 1 aromatic carbocycles. The molecule has 1 atom stereocenters. The van der Waals surface area contributed by atoms with Crippen molar-refractivity contribution in [3.8, 4) is 0 Å². The van der Waals surface area contributed by atoms with Gasteiger partial charge < -0.3 is 10.2 Å². The summed E-state index contributed by atoms with van der Waals surface area (Å²) in [5, 5.41) is 18.7. The van der Waals surface area contributed by atoms with Gasteiger partial charge in [-0.15, -0.1) is 0 Å². The normalized spacial score (nSPS) is 19.2. The van der Waals surface area contributed by atoms with Crippen LogP contribution in [0.15, 0.2) is 22.7 Å². The van der Waals surface area contributed by atoms with E-state index in [4.69, 9.17) is 5.11 Å². The van der Waals surface area contributed by atoms with Crippen LogP contribution in [0.1, 0.15) is 24.0 Å². The number of carboxylic acids is 1. The van der Waals surface area contributed by atoms with E-state index >= 15 is 0 Å². The predicted octanol–water partition coefficient (Wildman–Crippen LogP) is 2.23. The van der Waals surface area contributed by atoms with Crippen LogP contribution in [0.2, 0.25) is 0 Å². The van der Waals surface area contributed by atoms with Crippen LogP contribution in [0.3, 0.4) is 0 Å². The molecule has 1 aliphatic rings. The lowest BCUT2D eigenvalue weighted by molar-refractivity contribution is -0.148. The standard InChI is InChI=1S/C12H13BrO3/c1-7-8(3-2-4-9(7)13)12(5-6-12)10(14)11(15)16/h2-4,10,14H,5-6H2,1H3,(H,15,16). The summed E-state index contributed by atoms with van der Waals surface area (Å²) < 4.78 is 0.953. The summed E-state index contributed by atoms with van der Waals surface area (Å²) in [6.45, 7) is 1.94. The Bertz CT molecular complexity index is 438. The summed E-state index contributed by atoms with van der Waals surface area (Å²) in [6, 6.07) is 5.70. The highest BCUT2D eigenvalue weighted by molar-refractivity contribution is 9.10. The molecule has 0 aliphatic heterocycles. The molecule has 0 aromatic heterocycles. The van der Waals surface area contributed by atoms with Crippen molar-refractivity contribution >= 4 is 21.9 Å². The molecule has 16 heavy (non-hydrogen) atoms. The maximum Gasteiger partial charge on any atom is 0.333 e. The Kier molecular flexibility index (Phi) is 2.80. The minimum Gasteiger partial charge on any atom is -0.479 e. The lowest BCUT2D eigenvalue weighted by Gasteiger charge is -2.21. The van der Waals surface area contributed by atoms with Gasteiger partial charge in [0.2, 0.25) is 0 Å². The summed E-state index contributed by atoms with van der Waals surface area (Å²) in [6.07, 6.45) is 0.163. The molecular formula is C12H13BrO3. The molecule has 1 aliphatic carbocycles. The largest absolute Gasteiger partial charge is 0.479 e. The zero-order chi connectivity index (χ0) is 11.9. The van der Waals surface area contributed by atoms with E-state index in [1.165, 1.54) is 0 Å². The third-order valence-electron chi connectivity index (χ3n) is 3.35. The zero-order valence-electron chi connectivity index (χ0n) is 8.90. The predicted molar refractivity (Wildman–Crippen MR) is 63.4 cm³/mol. The summed E-state index contributed by atoms with van der Waals surface area (Å²) >= 11 is 3.42. The number of benzene rings is 1. The first-order valence-corrected chi connectivity index (χ1v) is 5.95. The molecule has 0 amide bonds. The molecule has 0 bridgehead atoms. The van der Waals surface area contributed by atoms with Crippen LogP contribution in [0.4, 0.5) is 0 Å². The van der Waals surface area contributed by atoms with Gasteiger partial charge in [-0.1, -0.05) is 28.1 Å². The number of carbonyl (C=O) groups is 1. The second-order valence-electron chi connectivity index (χ2n) is 4.31. The number of aliphatic carboxylic acids is 1. The van der Waals surface area contributed by atoms with Gasteiger partial charge in [-0.3, -0.25) is 0 Å². The number of rotatable bonds is 3. The Labute approximate surface area is 102 Å². The van der Waals surface area contributed by atoms with Crippen molar-refractivity contribution in [1.29, 1.82) is 0 Å². The minimum atomic E-state index is -1.31. The first kappa shape index (κ1) is 11.6. The smallest absolute Gasteiger partial charge is 0.333 e. The van der Waals surface area contributed by atoms with Crippen LogP contribution in [-0.4, -0.2) is 22.3 Å². The average molecular weight is 285 g/mol. The second-order valence-corrected chi connectivity index (χ2v) is 5.16. The van der Waals surface area contributed by atoms with E-state index in [9.17, 15) is 9.90 Å². The van der Waals surface area contributed by atoms with Crippen molar-refractivity contribution in [2.75, 3.05) is 0 Å². The van der Waals surface area contributed by atoms with Gasteiger partial charge in [-0.25, -0.2) is 4.79 Å². The summed E-state index contributed by atoms with van der Waals surface area (Å²) in [7, 11) is 0. The summed E-state index contributed by atoms with van der Waals surface area (Å²) in [5.41, 5.74) is 1.39. The Balaban J connectivity index is 2.45. The number of aliphatic hydroxyl groups excluding tert-OH is 1. The molecule has 4 heteroatoms. The summed E-state index contributed by atoms with van der Waals surface area (Å²) in [5.74, 6) is -1.14. The molecule has 86 valence electrons. The van der Waals surface area contributed by atoms with Crippen LogP contribution in [-0.2, 0) is 10.2 Å². The van der Waals surface area contributed by atoms with Crippen LogP contribution in [0.5, 0.6) is 0 Å². The maximum absolute atomic E-state index is 10.9. The quantitative estimate of drug-likeness (QED) is 0.895. The van der Waals surface area contributed by atoms with E-state index in [1.807, 2.05) is 25.1 Å². The lowest BCUT2D eigenvalue weighted by Crippen LogP contribution is -2.34. The highest BCUT2D eigenvalue weighted by Crippen LogP contribution is 2.52. The first-order valence-electron chi connectivity index (χ1n) is 5.15. The van der Waals surface area contributed by atoms with E-state index in [-0.39, 0.29) is 0 Å². The van der Waals surface area contributed by atoms with Crippen LogP contribution >= 0.6 is 15.9 Å². The highest BCUT2D eigenvalue weighted by atomic mass is 79.9. The average Bonchev–Trinajstić information content (AvgIpc) is 3.02. The van der Waals surface area contributed by atoms with E-state index in [0.717, 1.165) is 28.4 Å². The molecule has 1 fully saturated rings. The van der Waals surface area contributed by atoms with Gasteiger partial charge >= 0.3 is 5.97 Å². The molecule has 0 radical (unpaired) electrons. The highest BCUT2D eigenvalue weighted by Gasteiger charge is 2.54. The molecule has 3 nitrogen and oxygen atoms in total. The fourth-order valence-electron chi connectivity index (χ4n) is 2.21. The van der Waals surface area contributed by atoms with E-state index in [0.29, 0.717) is 0 Å². The molecule has 1 aromatic rings. The SMILES string of the molecule is Cc1c(Br)cccc1C1(C(O)C(=O)O)CC1. The minimum absolute atomic E-state index is 0.570. The van der Waals surface area contributed by atoms with Crippen molar-refractivity contribution < 1.29 is 15.0 Å². The Morgan fingerprint density at radius 1 is 1.50 bits per heavy atom. The molecule has 1 unspecified atom stereocenters. The molecule has 1 saturated carbocycles. The maximum atomic E-state index is 10.9. The van der Waals surface area contributed by atoms with Gasteiger partial charge in [-0.05, 0) is 37.0 Å². The van der Waals surface area contributed by atoms with Crippen molar-refractivity contribution in [3.63, 3.8) is 0 Å². The van der Waals surface area contributed by atoms with Gasteiger partial charge in [0.15, 0.2) is 6.10 Å². The number of aliphatic hydroxyl groups is 1. The van der Waals surface area contributed by atoms with Gasteiger partial charge in [-0.2, -0.15) is 0 Å². The van der Waals surface area contributed by atoms with Crippen LogP contribution in [0, 0.1) is 6.92 Å². The molecular weight excluding hydrogens is 272 g/mol. The van der Waals surface area contributed by atoms with Gasteiger partial charge in [0.1, 0.15) is 0 Å². The Hall–Kier alpha value is -0.870. The van der Waals surface area contributed by atoms with Crippen LogP contribution in [0.25, 0.3) is 0 Å². The van der Waals surface area contributed by atoms with Gasteiger partial charge in [0.25, 0.3) is 0 Å². The Morgan fingerprint density at radius 2 is 2.12 bits per heavy atom. The topological polar surface area (TPSA) is 57.5 Å². The fraction of sp³-hybridized carbons (Fsp3) is 0.417. The third kappa shape index (κ3) is 1.66. The third-order valence-corrected chi connectivity index (χ3v) is 4.21. The number of halogens is 1. The Morgan fingerprint density at radius 3 is 2.62 bits per heavy atom. The lowest BCUT2D eigenvalue weighted by atomic mass is 9.87. The number of hydrogen-bond acceptors (Lipinski definition) is 2. The van der Waals surface area contributed by atoms with Gasteiger partial charge in [0.05, 0.1) is 0 Å². The monoisotopic (exact) mass is 284 g/mol. The fourth-order valence-corrected chi connectivity index (χ4v) is 2.57. The first-order chi connectivity index (χ1) is 7.49. The van der Waals surface area contributed by atoms with Gasteiger partial charge in [0, 0.05) is 9.89 Å². The number of hydrogen-bond donors (Lipinski definition) is 2. The van der Waals surface area contributed by atoms with E-state index < -0.39 is 17.5 Å². The van der Waals surface area contributed by atoms with Crippen molar-refractivity contribution in [1.82, 2.24) is 0 Å². The van der Waals surface area contributed by atoms with E-state index in [1.54, 1.807) is 0 Å².